The van der Waals surface area contributed by atoms with Crippen LogP contribution in [0.2, 0.25) is 0 Å². The van der Waals surface area contributed by atoms with Gasteiger partial charge in [0.1, 0.15) is 4.88 Å². The maximum atomic E-state index is 10.9. The van der Waals surface area contributed by atoms with Crippen molar-refractivity contribution in [2.24, 2.45) is 0 Å². The van der Waals surface area contributed by atoms with Crippen molar-refractivity contribution < 1.29 is 14.6 Å². The van der Waals surface area contributed by atoms with Crippen LogP contribution in [0.3, 0.4) is 0 Å². The van der Waals surface area contributed by atoms with Gasteiger partial charge < -0.3 is 9.84 Å². The summed E-state index contributed by atoms with van der Waals surface area (Å²) in [6, 6.07) is 1.90. The largest absolute Gasteiger partial charge is 0.477 e. The molecule has 1 saturated heterocycles. The number of thiophene rings is 1. The zero-order valence-electron chi connectivity index (χ0n) is 9.01. The number of ether oxygens (including phenoxy) is 1. The van der Waals surface area contributed by atoms with Gasteiger partial charge in [-0.15, -0.1) is 11.3 Å². The third-order valence-electron chi connectivity index (χ3n) is 2.70. The van der Waals surface area contributed by atoms with E-state index in [-0.39, 0.29) is 6.10 Å². The first-order valence-electron chi connectivity index (χ1n) is 5.21. The Hall–Kier alpha value is -0.520. The molecule has 1 aromatic heterocycles. The highest BCUT2D eigenvalue weighted by atomic mass is 32.2. The van der Waals surface area contributed by atoms with Gasteiger partial charge >= 0.3 is 5.97 Å². The zero-order valence-corrected chi connectivity index (χ0v) is 10.6. The molecule has 16 heavy (non-hydrogen) atoms. The Balaban J connectivity index is 1.94. The van der Waals surface area contributed by atoms with Gasteiger partial charge in [-0.25, -0.2) is 4.79 Å². The quantitative estimate of drug-likeness (QED) is 0.902. The van der Waals surface area contributed by atoms with Crippen LogP contribution in [0.15, 0.2) is 11.4 Å². The summed E-state index contributed by atoms with van der Waals surface area (Å²) in [5, 5.41) is 11.3. The van der Waals surface area contributed by atoms with E-state index in [9.17, 15) is 4.79 Å². The first kappa shape index (κ1) is 12.0. The molecule has 3 nitrogen and oxygen atoms in total. The van der Waals surface area contributed by atoms with Crippen molar-refractivity contribution in [2.45, 2.75) is 30.5 Å². The van der Waals surface area contributed by atoms with Crippen molar-refractivity contribution in [3.8, 4) is 0 Å². The van der Waals surface area contributed by atoms with Crippen LogP contribution in [-0.2, 0) is 10.5 Å². The molecule has 2 unspecified atom stereocenters. The van der Waals surface area contributed by atoms with E-state index in [2.05, 4.69) is 6.92 Å². The van der Waals surface area contributed by atoms with Crippen molar-refractivity contribution in [1.82, 2.24) is 0 Å². The molecule has 0 amide bonds. The fourth-order valence-electron chi connectivity index (χ4n) is 1.76. The standard InChI is InChI=1S/C11H14O3S2/c1-7-9(2-4-14-7)16-6-8-3-5-15-10(8)11(12)13/h3,5,7,9H,2,4,6H2,1H3,(H,12,13). The molecule has 0 bridgehead atoms. The van der Waals surface area contributed by atoms with Gasteiger partial charge in [0, 0.05) is 17.6 Å². The van der Waals surface area contributed by atoms with E-state index in [0.29, 0.717) is 10.1 Å². The average molecular weight is 258 g/mol. The molecule has 2 atom stereocenters. The molecule has 0 radical (unpaired) electrons. The Morgan fingerprint density at radius 3 is 3.19 bits per heavy atom. The topological polar surface area (TPSA) is 46.5 Å². The lowest BCUT2D eigenvalue weighted by Crippen LogP contribution is -2.13. The molecule has 0 aliphatic carbocycles. The van der Waals surface area contributed by atoms with Gasteiger partial charge in [-0.2, -0.15) is 11.8 Å². The summed E-state index contributed by atoms with van der Waals surface area (Å²) in [4.78, 5) is 11.4. The number of carbonyl (C=O) groups is 1. The lowest BCUT2D eigenvalue weighted by Gasteiger charge is -2.12. The molecule has 1 aliphatic heterocycles. The molecule has 2 heterocycles. The molecule has 0 aromatic carbocycles. The summed E-state index contributed by atoms with van der Waals surface area (Å²) in [5.41, 5.74) is 0.932. The molecule has 1 aliphatic rings. The molecule has 1 aromatic rings. The highest BCUT2D eigenvalue weighted by Crippen LogP contribution is 2.31. The number of hydrogen-bond donors (Lipinski definition) is 1. The predicted molar refractivity (Wildman–Crippen MR) is 66.4 cm³/mol. The maximum Gasteiger partial charge on any atom is 0.346 e. The minimum atomic E-state index is -0.818. The van der Waals surface area contributed by atoms with Crippen molar-refractivity contribution >= 4 is 29.1 Å². The van der Waals surface area contributed by atoms with Crippen molar-refractivity contribution in [1.29, 1.82) is 0 Å². The minimum absolute atomic E-state index is 0.289. The predicted octanol–water partition coefficient (Wildman–Crippen LogP) is 2.86. The Labute approximate surface area is 103 Å². The van der Waals surface area contributed by atoms with Gasteiger partial charge in [-0.1, -0.05) is 0 Å². The van der Waals surface area contributed by atoms with E-state index < -0.39 is 5.97 Å². The van der Waals surface area contributed by atoms with Gasteiger partial charge in [0.25, 0.3) is 0 Å². The molecule has 88 valence electrons. The summed E-state index contributed by atoms with van der Waals surface area (Å²) in [6.45, 7) is 2.91. The van der Waals surface area contributed by atoms with Crippen molar-refractivity contribution in [3.63, 3.8) is 0 Å². The van der Waals surface area contributed by atoms with Gasteiger partial charge in [0.2, 0.25) is 0 Å². The van der Waals surface area contributed by atoms with Crippen LogP contribution in [0.5, 0.6) is 0 Å². The molecule has 1 N–H and O–H groups in total. The van der Waals surface area contributed by atoms with Gasteiger partial charge in [0.15, 0.2) is 0 Å². The number of carboxylic acids is 1. The second kappa shape index (κ2) is 5.21. The van der Waals surface area contributed by atoms with Crippen LogP contribution < -0.4 is 0 Å². The Kier molecular flexibility index (Phi) is 3.89. The lowest BCUT2D eigenvalue weighted by molar-refractivity contribution is 0.0701. The summed E-state index contributed by atoms with van der Waals surface area (Å²) in [5.74, 6) is -0.0509. The summed E-state index contributed by atoms with van der Waals surface area (Å²) in [6.07, 6.45) is 1.36. The van der Waals surface area contributed by atoms with E-state index in [1.165, 1.54) is 11.3 Å². The first-order valence-corrected chi connectivity index (χ1v) is 7.14. The average Bonchev–Trinajstić information content (AvgIpc) is 2.83. The van der Waals surface area contributed by atoms with Crippen LogP contribution in [0.4, 0.5) is 0 Å². The monoisotopic (exact) mass is 258 g/mol. The second-order valence-corrected chi connectivity index (χ2v) is 5.94. The molecular weight excluding hydrogens is 244 g/mol. The molecule has 5 heteroatoms. The Morgan fingerprint density at radius 2 is 2.56 bits per heavy atom. The fourth-order valence-corrected chi connectivity index (χ4v) is 3.86. The van der Waals surface area contributed by atoms with Gasteiger partial charge in [-0.3, -0.25) is 0 Å². The van der Waals surface area contributed by atoms with Crippen molar-refractivity contribution in [2.75, 3.05) is 6.61 Å². The lowest BCUT2D eigenvalue weighted by atomic mass is 10.2. The van der Waals surface area contributed by atoms with Gasteiger partial charge in [0.05, 0.1) is 6.10 Å². The number of carboxylic acid groups (broad SMARTS) is 1. The summed E-state index contributed by atoms with van der Waals surface area (Å²) >= 11 is 3.10. The van der Waals surface area contributed by atoms with E-state index >= 15 is 0 Å². The smallest absolute Gasteiger partial charge is 0.346 e. The summed E-state index contributed by atoms with van der Waals surface area (Å²) in [7, 11) is 0. The van der Waals surface area contributed by atoms with E-state index in [0.717, 1.165) is 24.3 Å². The van der Waals surface area contributed by atoms with E-state index in [1.807, 2.05) is 11.4 Å². The highest BCUT2D eigenvalue weighted by Gasteiger charge is 2.25. The highest BCUT2D eigenvalue weighted by molar-refractivity contribution is 7.99. The van der Waals surface area contributed by atoms with Crippen LogP contribution >= 0.6 is 23.1 Å². The van der Waals surface area contributed by atoms with Gasteiger partial charge in [-0.05, 0) is 30.4 Å². The minimum Gasteiger partial charge on any atom is -0.477 e. The molecule has 2 rings (SSSR count). The zero-order chi connectivity index (χ0) is 11.5. The Morgan fingerprint density at radius 1 is 1.75 bits per heavy atom. The van der Waals surface area contributed by atoms with Crippen LogP contribution in [0, 0.1) is 0 Å². The van der Waals surface area contributed by atoms with Crippen LogP contribution in [-0.4, -0.2) is 29.0 Å². The normalized spacial score (nSPS) is 24.8. The van der Waals surface area contributed by atoms with Crippen LogP contribution in [0.25, 0.3) is 0 Å². The number of rotatable bonds is 4. The second-order valence-electron chi connectivity index (χ2n) is 3.79. The van der Waals surface area contributed by atoms with Crippen LogP contribution in [0.1, 0.15) is 28.6 Å². The first-order chi connectivity index (χ1) is 7.68. The fraction of sp³-hybridized carbons (Fsp3) is 0.545. The van der Waals surface area contributed by atoms with E-state index in [1.54, 1.807) is 11.8 Å². The van der Waals surface area contributed by atoms with Crippen molar-refractivity contribution in [3.05, 3.63) is 21.9 Å². The molecule has 0 saturated carbocycles. The SMILES string of the molecule is CC1OCCC1SCc1ccsc1C(=O)O. The Bertz CT molecular complexity index is 375. The third kappa shape index (κ3) is 2.59. The maximum absolute atomic E-state index is 10.9. The number of hydrogen-bond acceptors (Lipinski definition) is 4. The number of aromatic carboxylic acids is 1. The van der Waals surface area contributed by atoms with E-state index in [4.69, 9.17) is 9.84 Å². The summed E-state index contributed by atoms with van der Waals surface area (Å²) < 4.78 is 5.48. The third-order valence-corrected chi connectivity index (χ3v) is 5.17. The molecule has 1 fully saturated rings. The molecular formula is C11H14O3S2. The molecule has 0 spiro atoms. The number of thioether (sulfide) groups is 1.